The molecule has 0 aliphatic carbocycles. The van der Waals surface area contributed by atoms with Gasteiger partial charge in [-0.05, 0) is 109 Å². The Labute approximate surface area is 453 Å². The highest BCUT2D eigenvalue weighted by molar-refractivity contribution is 5.74. The van der Waals surface area contributed by atoms with Crippen LogP contribution in [0.1, 0.15) is 226 Å². The summed E-state index contributed by atoms with van der Waals surface area (Å²) in [6.07, 6.45) is 53.8. The molecule has 1 rings (SSSR count). The SMILES string of the molecule is CC/C=C\C/C=C\C/C=C\C/C=C\C/C=C\CCCC(=O)OC1C(OCC(COC(=O)CCCCCCC/C=C\CCCCCCCC)OC(=O)CCCCCCC/C=C\C/C=C\CCC)OC(C(=O)O)C(O)C1O. The van der Waals surface area contributed by atoms with Crippen LogP contribution in [0.15, 0.2) is 97.2 Å². The molecule has 1 aliphatic rings. The van der Waals surface area contributed by atoms with Crippen molar-refractivity contribution in [2.75, 3.05) is 13.2 Å². The number of allylic oxidation sites excluding steroid dienone is 16. The number of esters is 3. The zero-order valence-corrected chi connectivity index (χ0v) is 46.8. The largest absolute Gasteiger partial charge is 0.479 e. The van der Waals surface area contributed by atoms with Gasteiger partial charge in [-0.25, -0.2) is 4.79 Å². The van der Waals surface area contributed by atoms with Crippen molar-refractivity contribution in [2.24, 2.45) is 0 Å². The van der Waals surface area contributed by atoms with E-state index in [0.717, 1.165) is 122 Å². The molecule has 1 heterocycles. The van der Waals surface area contributed by atoms with E-state index < -0.39 is 67.3 Å². The molecule has 12 nitrogen and oxygen atoms in total. The van der Waals surface area contributed by atoms with Crippen LogP contribution in [-0.2, 0) is 42.9 Å². The normalized spacial score (nSPS) is 18.9. The van der Waals surface area contributed by atoms with Crippen molar-refractivity contribution in [2.45, 2.75) is 263 Å². The van der Waals surface area contributed by atoms with Crippen LogP contribution >= 0.6 is 0 Å². The fourth-order valence-corrected chi connectivity index (χ4v) is 8.14. The summed E-state index contributed by atoms with van der Waals surface area (Å²) in [5, 5.41) is 31.4. The van der Waals surface area contributed by atoms with Crippen LogP contribution in [0.5, 0.6) is 0 Å². The van der Waals surface area contributed by atoms with Gasteiger partial charge in [-0.3, -0.25) is 14.4 Å². The standard InChI is InChI=1S/C63H102O12/c1-4-7-10-13-16-19-22-25-27-28-30-33-36-39-42-45-48-51-57(66)74-61-59(68)58(67)60(62(69)70)75-63(61)72-53-54(73-56(65)50-47-44-41-38-35-31-24-21-18-15-12-9-6-3)52-71-55(64)49-46-43-40-37-34-32-29-26-23-20-17-14-11-8-5-2/h7,10,12,15-16,19,21,24-27,29-30,33,39,42,54,58-61,63,67-68H,4-6,8-9,11,13-14,17-18,20,22-23,28,31-32,34-38,40-41,43-53H2,1-3H3,(H,69,70)/b10-7-,15-12-,19-16-,24-21-,27-25-,29-26-,33-30-,42-39-. The topological polar surface area (TPSA) is 175 Å². The minimum Gasteiger partial charge on any atom is -0.479 e. The molecule has 0 aromatic carbocycles. The maximum Gasteiger partial charge on any atom is 0.335 e. The number of hydrogen-bond donors (Lipinski definition) is 3. The second kappa shape index (κ2) is 50.5. The molecule has 6 atom stereocenters. The number of rotatable bonds is 48. The van der Waals surface area contributed by atoms with Crippen molar-refractivity contribution in [1.29, 1.82) is 0 Å². The lowest BCUT2D eigenvalue weighted by atomic mass is 9.98. The van der Waals surface area contributed by atoms with Crippen molar-refractivity contribution in [3.63, 3.8) is 0 Å². The Morgan fingerprint density at radius 1 is 0.453 bits per heavy atom. The van der Waals surface area contributed by atoms with E-state index in [4.69, 9.17) is 23.7 Å². The third-order valence-electron chi connectivity index (χ3n) is 12.6. The Morgan fingerprint density at radius 2 is 0.880 bits per heavy atom. The second-order valence-electron chi connectivity index (χ2n) is 19.5. The monoisotopic (exact) mass is 1050 g/mol. The summed E-state index contributed by atoms with van der Waals surface area (Å²) >= 11 is 0. The summed E-state index contributed by atoms with van der Waals surface area (Å²) < 4.78 is 28.3. The summed E-state index contributed by atoms with van der Waals surface area (Å²) in [5.74, 6) is -3.23. The van der Waals surface area contributed by atoms with Gasteiger partial charge in [0.2, 0.25) is 0 Å². The fraction of sp³-hybridized carbons (Fsp3) is 0.683. The molecular formula is C63H102O12. The summed E-state index contributed by atoms with van der Waals surface area (Å²) in [6, 6.07) is 0. The third kappa shape index (κ3) is 40.6. The molecule has 6 unspecified atom stereocenters. The second-order valence-corrected chi connectivity index (χ2v) is 19.5. The van der Waals surface area contributed by atoms with Crippen LogP contribution in [-0.4, -0.2) is 89.2 Å². The molecule has 0 spiro atoms. The highest BCUT2D eigenvalue weighted by Crippen LogP contribution is 2.26. The third-order valence-corrected chi connectivity index (χ3v) is 12.6. The summed E-state index contributed by atoms with van der Waals surface area (Å²) in [7, 11) is 0. The number of carbonyl (C=O) groups is 4. The highest BCUT2D eigenvalue weighted by Gasteiger charge is 2.50. The van der Waals surface area contributed by atoms with Gasteiger partial charge in [0.05, 0.1) is 6.61 Å². The van der Waals surface area contributed by atoms with Crippen molar-refractivity contribution >= 4 is 23.9 Å². The first-order chi connectivity index (χ1) is 36.6. The van der Waals surface area contributed by atoms with E-state index in [0.29, 0.717) is 25.7 Å². The predicted molar refractivity (Wildman–Crippen MR) is 303 cm³/mol. The minimum atomic E-state index is -1.93. The van der Waals surface area contributed by atoms with Crippen molar-refractivity contribution in [1.82, 2.24) is 0 Å². The first-order valence-electron chi connectivity index (χ1n) is 29.2. The predicted octanol–water partition coefficient (Wildman–Crippen LogP) is 14.9. The van der Waals surface area contributed by atoms with Gasteiger partial charge in [0.15, 0.2) is 24.6 Å². The van der Waals surface area contributed by atoms with Crippen molar-refractivity contribution in [3.8, 4) is 0 Å². The number of aliphatic hydroxyl groups excluding tert-OH is 2. The lowest BCUT2D eigenvalue weighted by Crippen LogP contribution is -2.61. The number of aliphatic carboxylic acids is 1. The van der Waals surface area contributed by atoms with E-state index in [-0.39, 0.29) is 25.9 Å². The van der Waals surface area contributed by atoms with Gasteiger partial charge in [-0.2, -0.15) is 0 Å². The van der Waals surface area contributed by atoms with E-state index in [9.17, 15) is 34.5 Å². The van der Waals surface area contributed by atoms with Crippen LogP contribution in [0.3, 0.4) is 0 Å². The lowest BCUT2D eigenvalue weighted by molar-refractivity contribution is -0.301. The van der Waals surface area contributed by atoms with E-state index in [1.165, 1.54) is 38.5 Å². The number of aliphatic hydroxyl groups is 2. The Bertz CT molecular complexity index is 1670. The van der Waals surface area contributed by atoms with Gasteiger partial charge >= 0.3 is 23.9 Å². The minimum absolute atomic E-state index is 0.0242. The zero-order chi connectivity index (χ0) is 54.7. The smallest absolute Gasteiger partial charge is 0.335 e. The molecule has 426 valence electrons. The van der Waals surface area contributed by atoms with Crippen LogP contribution in [0.25, 0.3) is 0 Å². The van der Waals surface area contributed by atoms with E-state index in [2.05, 4.69) is 106 Å². The van der Waals surface area contributed by atoms with Crippen LogP contribution in [0.2, 0.25) is 0 Å². The molecule has 12 heteroatoms. The van der Waals surface area contributed by atoms with E-state index >= 15 is 0 Å². The van der Waals surface area contributed by atoms with E-state index in [1.54, 1.807) is 0 Å². The van der Waals surface area contributed by atoms with Gasteiger partial charge in [0, 0.05) is 19.3 Å². The van der Waals surface area contributed by atoms with Gasteiger partial charge in [-0.15, -0.1) is 0 Å². The molecule has 1 aliphatic heterocycles. The van der Waals surface area contributed by atoms with Gasteiger partial charge < -0.3 is 39.0 Å². The number of unbranched alkanes of at least 4 members (excludes halogenated alkanes) is 18. The average Bonchev–Trinajstić information content (AvgIpc) is 3.39. The van der Waals surface area contributed by atoms with Crippen molar-refractivity contribution < 1.29 is 58.2 Å². The molecular weight excluding hydrogens is 949 g/mol. The molecule has 0 bridgehead atoms. The molecule has 0 aromatic heterocycles. The average molecular weight is 1050 g/mol. The quantitative estimate of drug-likeness (QED) is 0.0228. The number of ether oxygens (including phenoxy) is 5. The Hall–Kier alpha value is -4.36. The van der Waals surface area contributed by atoms with Crippen LogP contribution < -0.4 is 0 Å². The summed E-state index contributed by atoms with van der Waals surface area (Å²) in [5.41, 5.74) is 0. The Morgan fingerprint density at radius 3 is 1.39 bits per heavy atom. The molecule has 0 aromatic rings. The van der Waals surface area contributed by atoms with Crippen molar-refractivity contribution in [3.05, 3.63) is 97.2 Å². The highest BCUT2D eigenvalue weighted by atomic mass is 16.7. The summed E-state index contributed by atoms with van der Waals surface area (Å²) in [4.78, 5) is 51.1. The molecule has 1 saturated heterocycles. The number of hydrogen-bond acceptors (Lipinski definition) is 11. The molecule has 0 amide bonds. The first-order valence-corrected chi connectivity index (χ1v) is 29.2. The van der Waals surface area contributed by atoms with Crippen LogP contribution in [0.4, 0.5) is 0 Å². The molecule has 3 N–H and O–H groups in total. The molecule has 1 fully saturated rings. The molecule has 0 saturated carbocycles. The fourth-order valence-electron chi connectivity index (χ4n) is 8.14. The Balaban J connectivity index is 2.75. The first kappa shape index (κ1) is 68.7. The van der Waals surface area contributed by atoms with E-state index in [1.807, 2.05) is 12.2 Å². The molecule has 75 heavy (non-hydrogen) atoms. The molecule has 0 radical (unpaired) electrons. The van der Waals surface area contributed by atoms with Gasteiger partial charge in [0.1, 0.15) is 18.8 Å². The maximum absolute atomic E-state index is 13.1. The lowest BCUT2D eigenvalue weighted by Gasteiger charge is -2.40. The maximum atomic E-state index is 13.1. The van der Waals surface area contributed by atoms with Gasteiger partial charge in [-0.1, -0.05) is 195 Å². The number of carbonyl (C=O) groups excluding carboxylic acids is 3. The Kier molecular flexibility index (Phi) is 46.2. The zero-order valence-electron chi connectivity index (χ0n) is 46.8. The van der Waals surface area contributed by atoms with Gasteiger partial charge in [0.25, 0.3) is 0 Å². The van der Waals surface area contributed by atoms with Crippen LogP contribution in [0, 0.1) is 0 Å². The summed E-state index contributed by atoms with van der Waals surface area (Å²) in [6.45, 7) is 5.75. The number of carboxylic acids is 1. The number of carboxylic acid groups (broad SMARTS) is 1.